The summed E-state index contributed by atoms with van der Waals surface area (Å²) >= 11 is 0. The maximum atomic E-state index is 12.1. The van der Waals surface area contributed by atoms with Gasteiger partial charge in [-0.05, 0) is 42.3 Å². The first kappa shape index (κ1) is 20.0. The van der Waals surface area contributed by atoms with E-state index in [1.165, 1.54) is 12.5 Å². The Morgan fingerprint density at radius 3 is 2.39 bits per heavy atom. The van der Waals surface area contributed by atoms with Gasteiger partial charge in [0.05, 0.1) is 13.2 Å². The van der Waals surface area contributed by atoms with Crippen molar-refractivity contribution in [2.24, 2.45) is 0 Å². The van der Waals surface area contributed by atoms with Crippen LogP contribution in [0.4, 0.5) is 0 Å². The number of ketones is 1. The number of rotatable bonds is 8. The van der Waals surface area contributed by atoms with Crippen LogP contribution < -0.4 is 10.1 Å². The normalized spacial score (nSPS) is 14.5. The number of nitrogens with one attached hydrogen (secondary N) is 1. The van der Waals surface area contributed by atoms with E-state index in [1.807, 2.05) is 18.2 Å². The van der Waals surface area contributed by atoms with Gasteiger partial charge in [-0.3, -0.25) is 14.5 Å². The Labute approximate surface area is 165 Å². The van der Waals surface area contributed by atoms with Gasteiger partial charge in [-0.25, -0.2) is 0 Å². The fraction of sp³-hybridized carbons (Fsp3) is 0.364. The molecule has 3 rings (SSSR count). The van der Waals surface area contributed by atoms with Gasteiger partial charge in [-0.2, -0.15) is 0 Å². The van der Waals surface area contributed by atoms with Gasteiger partial charge >= 0.3 is 0 Å². The van der Waals surface area contributed by atoms with Crippen molar-refractivity contribution in [3.63, 3.8) is 0 Å². The summed E-state index contributed by atoms with van der Waals surface area (Å²) in [6, 6.07) is 14.9. The van der Waals surface area contributed by atoms with E-state index >= 15 is 0 Å². The van der Waals surface area contributed by atoms with Gasteiger partial charge in [-0.15, -0.1) is 0 Å². The molecule has 2 aromatic carbocycles. The van der Waals surface area contributed by atoms with E-state index in [4.69, 9.17) is 9.47 Å². The number of carbonyl (C=O) groups excluding carboxylic acids is 2. The number of hydrogen-bond acceptors (Lipinski definition) is 5. The lowest BCUT2D eigenvalue weighted by atomic mass is 10.1. The first-order valence-electron chi connectivity index (χ1n) is 9.49. The summed E-state index contributed by atoms with van der Waals surface area (Å²) in [5.74, 6) is 0.379. The molecule has 1 fully saturated rings. The van der Waals surface area contributed by atoms with Gasteiger partial charge < -0.3 is 14.8 Å². The minimum absolute atomic E-state index is 0.0000348. The van der Waals surface area contributed by atoms with Crippen LogP contribution in [0.15, 0.2) is 48.5 Å². The van der Waals surface area contributed by atoms with Crippen molar-refractivity contribution >= 4 is 11.7 Å². The molecule has 28 heavy (non-hydrogen) atoms. The topological polar surface area (TPSA) is 67.9 Å². The van der Waals surface area contributed by atoms with E-state index in [2.05, 4.69) is 16.3 Å². The van der Waals surface area contributed by atoms with E-state index < -0.39 is 0 Å². The predicted octanol–water partition coefficient (Wildman–Crippen LogP) is 2.42. The summed E-state index contributed by atoms with van der Waals surface area (Å²) < 4.78 is 10.9. The van der Waals surface area contributed by atoms with Crippen molar-refractivity contribution < 1.29 is 19.1 Å². The first-order valence-corrected chi connectivity index (χ1v) is 9.49. The van der Waals surface area contributed by atoms with E-state index in [0.29, 0.717) is 17.9 Å². The fourth-order valence-corrected chi connectivity index (χ4v) is 3.06. The molecular formula is C22H26N2O4. The van der Waals surface area contributed by atoms with Crippen molar-refractivity contribution in [3.8, 4) is 5.75 Å². The first-order chi connectivity index (χ1) is 13.6. The number of Topliss-reactive ketones (excluding diaryl/α,β-unsaturated/α-hetero) is 1. The average Bonchev–Trinajstić information content (AvgIpc) is 2.72. The van der Waals surface area contributed by atoms with Crippen molar-refractivity contribution in [2.75, 3.05) is 32.9 Å². The van der Waals surface area contributed by atoms with Crippen LogP contribution in [0.25, 0.3) is 0 Å². The lowest BCUT2D eigenvalue weighted by molar-refractivity contribution is -0.123. The second kappa shape index (κ2) is 10.0. The molecule has 1 amide bonds. The molecule has 2 aromatic rings. The van der Waals surface area contributed by atoms with Crippen molar-refractivity contribution in [2.45, 2.75) is 20.0 Å². The highest BCUT2D eigenvalue weighted by Gasteiger charge is 2.13. The summed E-state index contributed by atoms with van der Waals surface area (Å²) in [5.41, 5.74) is 2.94. The maximum absolute atomic E-state index is 12.1. The molecule has 0 spiro atoms. The zero-order valence-electron chi connectivity index (χ0n) is 16.1. The zero-order valence-corrected chi connectivity index (χ0v) is 16.1. The van der Waals surface area contributed by atoms with E-state index in [0.717, 1.165) is 38.4 Å². The number of ether oxygens (including phenoxy) is 2. The van der Waals surface area contributed by atoms with E-state index in [-0.39, 0.29) is 18.3 Å². The van der Waals surface area contributed by atoms with E-state index in [1.54, 1.807) is 24.3 Å². The molecule has 1 heterocycles. The number of morpholine rings is 1. The van der Waals surface area contributed by atoms with Gasteiger partial charge in [0.15, 0.2) is 12.4 Å². The third-order valence-corrected chi connectivity index (χ3v) is 4.72. The predicted molar refractivity (Wildman–Crippen MR) is 106 cm³/mol. The molecule has 0 bridgehead atoms. The summed E-state index contributed by atoms with van der Waals surface area (Å²) in [5, 5.41) is 2.92. The molecule has 1 aliphatic rings. The van der Waals surface area contributed by atoms with Crippen LogP contribution in [-0.4, -0.2) is 49.5 Å². The molecule has 1 saturated heterocycles. The zero-order chi connectivity index (χ0) is 19.8. The van der Waals surface area contributed by atoms with Crippen molar-refractivity contribution in [1.29, 1.82) is 0 Å². The second-order valence-electron chi connectivity index (χ2n) is 6.80. The Hall–Kier alpha value is -2.70. The lowest BCUT2D eigenvalue weighted by Crippen LogP contribution is -2.36. The maximum Gasteiger partial charge on any atom is 0.258 e. The molecular weight excluding hydrogens is 356 g/mol. The Kier molecular flexibility index (Phi) is 7.17. The molecule has 148 valence electrons. The van der Waals surface area contributed by atoms with Gasteiger partial charge in [-0.1, -0.05) is 24.3 Å². The molecule has 0 radical (unpaired) electrons. The number of nitrogens with zero attached hydrogens (tertiary/aromatic N) is 1. The van der Waals surface area contributed by atoms with Gasteiger partial charge in [0.2, 0.25) is 0 Å². The molecule has 6 nitrogen and oxygen atoms in total. The van der Waals surface area contributed by atoms with Gasteiger partial charge in [0.1, 0.15) is 5.75 Å². The minimum atomic E-state index is -0.183. The Bertz CT molecular complexity index is 798. The third-order valence-electron chi connectivity index (χ3n) is 4.72. The minimum Gasteiger partial charge on any atom is -0.484 e. The van der Waals surface area contributed by atoms with Crippen LogP contribution >= 0.6 is 0 Å². The number of carbonyl (C=O) groups is 2. The number of hydrogen-bond donors (Lipinski definition) is 1. The van der Waals surface area contributed by atoms with Crippen LogP contribution in [0, 0.1) is 0 Å². The molecule has 0 aliphatic carbocycles. The Morgan fingerprint density at radius 2 is 1.71 bits per heavy atom. The molecule has 1 aliphatic heterocycles. The lowest BCUT2D eigenvalue weighted by Gasteiger charge is -2.27. The summed E-state index contributed by atoms with van der Waals surface area (Å²) in [6.07, 6.45) is 0. The molecule has 6 heteroatoms. The van der Waals surface area contributed by atoms with Crippen LogP contribution in [0.1, 0.15) is 28.4 Å². The Morgan fingerprint density at radius 1 is 1.04 bits per heavy atom. The molecule has 0 unspecified atom stereocenters. The van der Waals surface area contributed by atoms with Crippen LogP contribution in [0.2, 0.25) is 0 Å². The molecule has 0 atom stereocenters. The van der Waals surface area contributed by atoms with Gasteiger partial charge in [0, 0.05) is 31.7 Å². The fourth-order valence-electron chi connectivity index (χ4n) is 3.06. The highest BCUT2D eigenvalue weighted by molar-refractivity contribution is 5.94. The summed E-state index contributed by atoms with van der Waals surface area (Å²) in [6.45, 7) is 6.16. The largest absolute Gasteiger partial charge is 0.484 e. The van der Waals surface area contributed by atoms with Crippen molar-refractivity contribution in [3.05, 3.63) is 65.2 Å². The Balaban J connectivity index is 1.48. The van der Waals surface area contributed by atoms with Crippen LogP contribution in [-0.2, 0) is 22.6 Å². The van der Waals surface area contributed by atoms with Gasteiger partial charge in [0.25, 0.3) is 5.91 Å². The van der Waals surface area contributed by atoms with E-state index in [9.17, 15) is 9.59 Å². The highest BCUT2D eigenvalue weighted by Crippen LogP contribution is 2.14. The van der Waals surface area contributed by atoms with Crippen molar-refractivity contribution in [1.82, 2.24) is 10.2 Å². The monoisotopic (exact) mass is 382 g/mol. The molecule has 0 saturated carbocycles. The third kappa shape index (κ3) is 5.90. The standard InChI is InChI=1S/C22H26N2O4/c1-17(25)18-6-8-21(9-7-18)28-16-22(26)23-14-19-4-2-3-5-20(19)15-24-10-12-27-13-11-24/h2-9H,10-16H2,1H3,(H,23,26). The second-order valence-corrected chi connectivity index (χ2v) is 6.80. The number of benzene rings is 2. The number of amides is 1. The smallest absolute Gasteiger partial charge is 0.258 e. The molecule has 0 aromatic heterocycles. The summed E-state index contributed by atoms with van der Waals surface area (Å²) in [7, 11) is 0. The SMILES string of the molecule is CC(=O)c1ccc(OCC(=O)NCc2ccccc2CN2CCOCC2)cc1. The summed E-state index contributed by atoms with van der Waals surface area (Å²) in [4.78, 5) is 25.8. The van der Waals surface area contributed by atoms with Crippen LogP contribution in [0.5, 0.6) is 5.75 Å². The molecule has 1 N–H and O–H groups in total. The van der Waals surface area contributed by atoms with Crippen LogP contribution in [0.3, 0.4) is 0 Å². The quantitative estimate of drug-likeness (QED) is 0.710. The average molecular weight is 382 g/mol. The highest BCUT2D eigenvalue weighted by atomic mass is 16.5.